The molecule has 2 N–H and O–H groups in total. The maximum absolute atomic E-state index is 13.1. The number of nitrogens with one attached hydrogen (secondary N) is 2. The van der Waals surface area contributed by atoms with Gasteiger partial charge in [0.2, 0.25) is 5.91 Å². The maximum Gasteiger partial charge on any atom is 0.262 e. The highest BCUT2D eigenvalue weighted by Gasteiger charge is 2.34. The summed E-state index contributed by atoms with van der Waals surface area (Å²) >= 11 is 0. The minimum Gasteiger partial charge on any atom is -0.352 e. The Balaban J connectivity index is 1.82. The second-order valence-electron chi connectivity index (χ2n) is 8.28. The van der Waals surface area contributed by atoms with Gasteiger partial charge in [-0.25, -0.2) is 8.42 Å². The van der Waals surface area contributed by atoms with Crippen LogP contribution in [0.3, 0.4) is 0 Å². The molecular formula is C23H29N3O4S. The van der Waals surface area contributed by atoms with Gasteiger partial charge in [0, 0.05) is 23.8 Å². The molecule has 0 bridgehead atoms. The van der Waals surface area contributed by atoms with Crippen LogP contribution in [0.2, 0.25) is 0 Å². The molecule has 0 unspecified atom stereocenters. The second-order valence-corrected chi connectivity index (χ2v) is 9.93. The van der Waals surface area contributed by atoms with Gasteiger partial charge in [0.25, 0.3) is 15.9 Å². The first kappa shape index (κ1) is 22.8. The second kappa shape index (κ2) is 9.09. The maximum atomic E-state index is 13.1. The molecule has 31 heavy (non-hydrogen) atoms. The number of aryl methyl sites for hydroxylation is 2. The lowest BCUT2D eigenvalue weighted by Crippen LogP contribution is -2.47. The number of likely N-dealkylation sites (tertiary alicyclic amines) is 1. The molecule has 8 heteroatoms. The summed E-state index contributed by atoms with van der Waals surface area (Å²) in [5.41, 5.74) is 2.12. The molecular weight excluding hydrogens is 414 g/mol. The summed E-state index contributed by atoms with van der Waals surface area (Å²) in [6.07, 6.45) is 1.37. The van der Waals surface area contributed by atoms with E-state index in [2.05, 4.69) is 10.0 Å². The molecule has 0 aromatic heterocycles. The van der Waals surface area contributed by atoms with E-state index >= 15 is 0 Å². The number of hydrogen-bond acceptors (Lipinski definition) is 4. The van der Waals surface area contributed by atoms with E-state index < -0.39 is 16.1 Å². The third kappa shape index (κ3) is 5.25. The van der Waals surface area contributed by atoms with Gasteiger partial charge in [-0.15, -0.1) is 0 Å². The van der Waals surface area contributed by atoms with Crippen molar-refractivity contribution in [3.63, 3.8) is 0 Å². The number of hydrogen-bond donors (Lipinski definition) is 2. The smallest absolute Gasteiger partial charge is 0.262 e. The molecule has 2 aromatic carbocycles. The molecule has 1 fully saturated rings. The fourth-order valence-corrected chi connectivity index (χ4v) is 5.13. The van der Waals surface area contributed by atoms with Crippen LogP contribution in [0.15, 0.2) is 47.4 Å². The van der Waals surface area contributed by atoms with Crippen molar-refractivity contribution in [1.29, 1.82) is 0 Å². The molecule has 3 rings (SSSR count). The van der Waals surface area contributed by atoms with Crippen LogP contribution in [0.5, 0.6) is 0 Å². The highest BCUT2D eigenvalue weighted by atomic mass is 32.2. The fraction of sp³-hybridized carbons (Fsp3) is 0.391. The molecule has 7 nitrogen and oxygen atoms in total. The van der Waals surface area contributed by atoms with E-state index in [1.54, 1.807) is 42.2 Å². The molecule has 166 valence electrons. The van der Waals surface area contributed by atoms with Crippen LogP contribution in [0.25, 0.3) is 0 Å². The van der Waals surface area contributed by atoms with Crippen molar-refractivity contribution in [3.05, 3.63) is 59.2 Å². The summed E-state index contributed by atoms with van der Waals surface area (Å²) in [5, 5.41) is 2.87. The number of rotatable bonds is 6. The Bertz CT molecular complexity index is 1100. The lowest BCUT2D eigenvalue weighted by Gasteiger charge is -2.25. The summed E-state index contributed by atoms with van der Waals surface area (Å²) in [5.74, 6) is -0.443. The Morgan fingerprint density at radius 3 is 2.55 bits per heavy atom. The fourth-order valence-electron chi connectivity index (χ4n) is 3.75. The first-order chi connectivity index (χ1) is 14.6. The van der Waals surface area contributed by atoms with Crippen LogP contribution in [0, 0.1) is 13.8 Å². The number of amides is 2. The Labute approximate surface area is 183 Å². The summed E-state index contributed by atoms with van der Waals surface area (Å²) in [4.78, 5) is 27.3. The minimum absolute atomic E-state index is 0.00661. The van der Waals surface area contributed by atoms with Crippen LogP contribution in [0.4, 0.5) is 5.69 Å². The summed E-state index contributed by atoms with van der Waals surface area (Å²) in [7, 11) is -3.80. The standard InChI is InChI=1S/C23H29N3O4S/c1-15(2)24-22(27)20-9-6-12-26(20)23(28)18-7-5-8-19(14-18)25-31(29,30)21-13-16(3)10-11-17(21)4/h5,7-8,10-11,13-15,20,25H,6,9,12H2,1-4H3,(H,24,27)/t20-/m0/s1. The molecule has 0 spiro atoms. The van der Waals surface area contributed by atoms with Crippen molar-refractivity contribution in [2.45, 2.75) is 57.5 Å². The first-order valence-electron chi connectivity index (χ1n) is 10.4. The van der Waals surface area contributed by atoms with Gasteiger partial charge in [-0.1, -0.05) is 18.2 Å². The lowest BCUT2D eigenvalue weighted by atomic mass is 10.1. The summed E-state index contributed by atoms with van der Waals surface area (Å²) < 4.78 is 28.4. The zero-order chi connectivity index (χ0) is 22.8. The van der Waals surface area contributed by atoms with Gasteiger partial charge in [0.05, 0.1) is 4.90 Å². The Morgan fingerprint density at radius 2 is 1.84 bits per heavy atom. The zero-order valence-corrected chi connectivity index (χ0v) is 19.1. The molecule has 0 saturated carbocycles. The van der Waals surface area contributed by atoms with E-state index in [9.17, 15) is 18.0 Å². The summed E-state index contributed by atoms with van der Waals surface area (Å²) in [6.45, 7) is 7.83. The number of anilines is 1. The molecule has 1 aliphatic rings. The van der Waals surface area contributed by atoms with Gasteiger partial charge in [-0.05, 0) is 75.9 Å². The van der Waals surface area contributed by atoms with Crippen molar-refractivity contribution in [2.24, 2.45) is 0 Å². The topological polar surface area (TPSA) is 95.6 Å². The van der Waals surface area contributed by atoms with Crippen LogP contribution >= 0.6 is 0 Å². The minimum atomic E-state index is -3.80. The van der Waals surface area contributed by atoms with E-state index in [4.69, 9.17) is 0 Å². The number of benzene rings is 2. The van der Waals surface area contributed by atoms with Crippen molar-refractivity contribution >= 4 is 27.5 Å². The molecule has 0 aliphatic carbocycles. The van der Waals surface area contributed by atoms with E-state index in [1.807, 2.05) is 26.8 Å². The predicted octanol–water partition coefficient (Wildman–Crippen LogP) is 3.23. The van der Waals surface area contributed by atoms with Gasteiger partial charge in [0.15, 0.2) is 0 Å². The highest BCUT2D eigenvalue weighted by Crippen LogP contribution is 2.24. The van der Waals surface area contributed by atoms with E-state index in [0.717, 1.165) is 12.0 Å². The molecule has 2 amide bonds. The quantitative estimate of drug-likeness (QED) is 0.716. The average molecular weight is 444 g/mol. The molecule has 0 radical (unpaired) electrons. The van der Waals surface area contributed by atoms with Gasteiger partial charge < -0.3 is 10.2 Å². The van der Waals surface area contributed by atoms with Crippen LogP contribution in [0.1, 0.15) is 48.2 Å². The molecule has 1 saturated heterocycles. The largest absolute Gasteiger partial charge is 0.352 e. The Kier molecular flexibility index (Phi) is 6.69. The van der Waals surface area contributed by atoms with Crippen LogP contribution in [-0.2, 0) is 14.8 Å². The molecule has 1 heterocycles. The molecule has 1 atom stereocenters. The highest BCUT2D eigenvalue weighted by molar-refractivity contribution is 7.92. The van der Waals surface area contributed by atoms with Gasteiger partial charge in [0.1, 0.15) is 6.04 Å². The van der Waals surface area contributed by atoms with E-state index in [0.29, 0.717) is 29.8 Å². The zero-order valence-electron chi connectivity index (χ0n) is 18.3. The van der Waals surface area contributed by atoms with Gasteiger partial charge in [-0.2, -0.15) is 0 Å². The van der Waals surface area contributed by atoms with Crippen LogP contribution < -0.4 is 10.0 Å². The molecule has 2 aromatic rings. The monoisotopic (exact) mass is 443 g/mol. The third-order valence-corrected chi connectivity index (χ3v) is 6.77. The van der Waals surface area contributed by atoms with Crippen molar-refractivity contribution in [3.8, 4) is 0 Å². The van der Waals surface area contributed by atoms with Gasteiger partial charge >= 0.3 is 0 Å². The van der Waals surface area contributed by atoms with Gasteiger partial charge in [-0.3, -0.25) is 14.3 Å². The first-order valence-corrected chi connectivity index (χ1v) is 11.9. The van der Waals surface area contributed by atoms with Crippen molar-refractivity contribution in [2.75, 3.05) is 11.3 Å². The Morgan fingerprint density at radius 1 is 1.10 bits per heavy atom. The third-order valence-electron chi connectivity index (χ3n) is 5.24. The normalized spacial score (nSPS) is 16.4. The number of carbonyl (C=O) groups excluding carboxylic acids is 2. The SMILES string of the molecule is Cc1ccc(C)c(S(=O)(=O)Nc2cccc(C(=O)N3CCC[C@H]3C(=O)NC(C)C)c2)c1. The van der Waals surface area contributed by atoms with Crippen LogP contribution in [-0.4, -0.2) is 43.8 Å². The van der Waals surface area contributed by atoms with E-state index in [1.165, 1.54) is 6.07 Å². The number of carbonyl (C=O) groups is 2. The number of sulfonamides is 1. The predicted molar refractivity (Wildman–Crippen MR) is 121 cm³/mol. The Hall–Kier alpha value is -2.87. The average Bonchev–Trinajstić information content (AvgIpc) is 3.18. The van der Waals surface area contributed by atoms with E-state index in [-0.39, 0.29) is 22.8 Å². The number of nitrogens with zero attached hydrogens (tertiary/aromatic N) is 1. The van der Waals surface area contributed by atoms with Crippen molar-refractivity contribution < 1.29 is 18.0 Å². The summed E-state index contributed by atoms with van der Waals surface area (Å²) in [6, 6.07) is 11.1. The van der Waals surface area contributed by atoms with Crippen molar-refractivity contribution in [1.82, 2.24) is 10.2 Å². The lowest BCUT2D eigenvalue weighted by molar-refractivity contribution is -0.125. The molecule has 1 aliphatic heterocycles.